The predicted molar refractivity (Wildman–Crippen MR) is 73.8 cm³/mol. The van der Waals surface area contributed by atoms with Crippen LogP contribution in [0.4, 0.5) is 5.69 Å². The average Bonchev–Trinajstić information content (AvgIpc) is 2.38. The Morgan fingerprint density at radius 3 is 2.61 bits per heavy atom. The third kappa shape index (κ3) is 3.23. The van der Waals surface area contributed by atoms with Gasteiger partial charge in [0.05, 0.1) is 13.0 Å². The number of hydrogen-bond acceptors (Lipinski definition) is 3. The summed E-state index contributed by atoms with van der Waals surface area (Å²) in [4.78, 5) is 14.0. The van der Waals surface area contributed by atoms with Crippen LogP contribution in [-0.2, 0) is 4.79 Å². The normalized spacial score (nSPS) is 12.3. The summed E-state index contributed by atoms with van der Waals surface area (Å²) in [6.07, 6.45) is 0. The fourth-order valence-corrected chi connectivity index (χ4v) is 1.85. The molecule has 1 unspecified atom stereocenters. The lowest BCUT2D eigenvalue weighted by Crippen LogP contribution is -2.39. The Kier molecular flexibility index (Phi) is 5.16. The molecule has 4 nitrogen and oxygen atoms in total. The summed E-state index contributed by atoms with van der Waals surface area (Å²) in [6.45, 7) is 4.38. The van der Waals surface area contributed by atoms with Crippen LogP contribution in [0.3, 0.4) is 0 Å². The van der Waals surface area contributed by atoms with Crippen molar-refractivity contribution in [1.82, 2.24) is 0 Å². The number of carbonyl (C=O) groups excluding carboxylic acids is 1. The maximum atomic E-state index is 12.3. The second-order valence-electron chi connectivity index (χ2n) is 4.68. The highest BCUT2D eigenvalue weighted by Crippen LogP contribution is 2.22. The van der Waals surface area contributed by atoms with Crippen molar-refractivity contribution in [2.75, 3.05) is 25.6 Å². The molecule has 0 aromatic heterocycles. The van der Waals surface area contributed by atoms with Crippen LogP contribution >= 0.6 is 0 Å². The average molecular weight is 250 g/mol. The zero-order valence-corrected chi connectivity index (χ0v) is 11.5. The molecule has 0 bridgehead atoms. The highest BCUT2D eigenvalue weighted by molar-refractivity contribution is 5.95. The van der Waals surface area contributed by atoms with Gasteiger partial charge in [0.15, 0.2) is 0 Å². The summed E-state index contributed by atoms with van der Waals surface area (Å²) in [6, 6.07) is 7.44. The van der Waals surface area contributed by atoms with Gasteiger partial charge in [-0.2, -0.15) is 0 Å². The van der Waals surface area contributed by atoms with Crippen molar-refractivity contribution in [3.8, 4) is 5.75 Å². The highest BCUT2D eigenvalue weighted by atomic mass is 16.5. The Bertz CT molecular complexity index is 405. The number of nitrogens with zero attached hydrogens (tertiary/aromatic N) is 1. The molecule has 0 radical (unpaired) electrons. The number of carbonyl (C=O) groups is 1. The summed E-state index contributed by atoms with van der Waals surface area (Å²) in [5.41, 5.74) is 6.49. The Morgan fingerprint density at radius 1 is 1.44 bits per heavy atom. The Labute approximate surface area is 109 Å². The largest absolute Gasteiger partial charge is 0.497 e. The standard InChI is InChI=1S/C14H22N2O2/c1-10(2)13(9-15)14(17)16(3)11-6-5-7-12(8-11)18-4/h5-8,10,13H,9,15H2,1-4H3. The number of nitrogens with two attached hydrogens (primary N) is 1. The van der Waals surface area contributed by atoms with Gasteiger partial charge in [0.25, 0.3) is 0 Å². The van der Waals surface area contributed by atoms with Crippen molar-refractivity contribution in [2.45, 2.75) is 13.8 Å². The summed E-state index contributed by atoms with van der Waals surface area (Å²) in [7, 11) is 3.37. The quantitative estimate of drug-likeness (QED) is 0.868. The van der Waals surface area contributed by atoms with Crippen molar-refractivity contribution in [3.63, 3.8) is 0 Å². The molecule has 100 valence electrons. The van der Waals surface area contributed by atoms with E-state index in [-0.39, 0.29) is 17.7 Å². The number of ether oxygens (including phenoxy) is 1. The van der Waals surface area contributed by atoms with E-state index in [4.69, 9.17) is 10.5 Å². The first kappa shape index (κ1) is 14.5. The van der Waals surface area contributed by atoms with Crippen LogP contribution in [-0.4, -0.2) is 26.6 Å². The molecule has 0 saturated heterocycles. The third-order valence-corrected chi connectivity index (χ3v) is 3.15. The summed E-state index contributed by atoms with van der Waals surface area (Å²) < 4.78 is 5.16. The van der Waals surface area contributed by atoms with Gasteiger partial charge in [-0.05, 0) is 18.1 Å². The third-order valence-electron chi connectivity index (χ3n) is 3.15. The molecule has 4 heteroatoms. The number of anilines is 1. The minimum atomic E-state index is -0.152. The van der Waals surface area contributed by atoms with Gasteiger partial charge in [-0.15, -0.1) is 0 Å². The first-order chi connectivity index (χ1) is 8.51. The van der Waals surface area contributed by atoms with E-state index in [9.17, 15) is 4.79 Å². The monoisotopic (exact) mass is 250 g/mol. The lowest BCUT2D eigenvalue weighted by molar-refractivity contribution is -0.123. The van der Waals surface area contributed by atoms with Gasteiger partial charge in [0.2, 0.25) is 5.91 Å². The first-order valence-electron chi connectivity index (χ1n) is 6.13. The van der Waals surface area contributed by atoms with Crippen molar-refractivity contribution < 1.29 is 9.53 Å². The van der Waals surface area contributed by atoms with E-state index in [0.717, 1.165) is 11.4 Å². The second-order valence-corrected chi connectivity index (χ2v) is 4.68. The SMILES string of the molecule is COc1cccc(N(C)C(=O)C(CN)C(C)C)c1. The molecule has 0 spiro atoms. The van der Waals surface area contributed by atoms with Crippen LogP contribution in [0.1, 0.15) is 13.8 Å². The second kappa shape index (κ2) is 6.40. The molecular formula is C14H22N2O2. The fraction of sp³-hybridized carbons (Fsp3) is 0.500. The van der Waals surface area contributed by atoms with Crippen LogP contribution in [0.15, 0.2) is 24.3 Å². The van der Waals surface area contributed by atoms with E-state index < -0.39 is 0 Å². The zero-order chi connectivity index (χ0) is 13.7. The van der Waals surface area contributed by atoms with Crippen LogP contribution < -0.4 is 15.4 Å². The lowest BCUT2D eigenvalue weighted by Gasteiger charge is -2.25. The van der Waals surface area contributed by atoms with Gasteiger partial charge in [-0.25, -0.2) is 0 Å². The molecule has 0 fully saturated rings. The molecule has 2 N–H and O–H groups in total. The molecule has 1 aromatic carbocycles. The molecule has 1 amide bonds. The minimum Gasteiger partial charge on any atom is -0.497 e. The Hall–Kier alpha value is -1.55. The fourth-order valence-electron chi connectivity index (χ4n) is 1.85. The van der Waals surface area contributed by atoms with E-state index in [1.54, 1.807) is 19.1 Å². The van der Waals surface area contributed by atoms with Gasteiger partial charge in [-0.1, -0.05) is 19.9 Å². The van der Waals surface area contributed by atoms with Gasteiger partial charge >= 0.3 is 0 Å². The summed E-state index contributed by atoms with van der Waals surface area (Å²) >= 11 is 0. The zero-order valence-electron chi connectivity index (χ0n) is 11.5. The molecule has 0 aliphatic carbocycles. The molecular weight excluding hydrogens is 228 g/mol. The highest BCUT2D eigenvalue weighted by Gasteiger charge is 2.24. The molecule has 0 aliphatic rings. The number of methoxy groups -OCH3 is 1. The van der Waals surface area contributed by atoms with Crippen LogP contribution in [0, 0.1) is 11.8 Å². The molecule has 0 heterocycles. The maximum Gasteiger partial charge on any atom is 0.231 e. The van der Waals surface area contributed by atoms with E-state index in [1.807, 2.05) is 38.1 Å². The maximum absolute atomic E-state index is 12.3. The molecule has 1 aromatic rings. The molecule has 1 atom stereocenters. The summed E-state index contributed by atoms with van der Waals surface area (Å²) in [5.74, 6) is 0.860. The van der Waals surface area contributed by atoms with Gasteiger partial charge in [0, 0.05) is 25.3 Å². The topological polar surface area (TPSA) is 55.6 Å². The van der Waals surface area contributed by atoms with Crippen LogP contribution in [0.2, 0.25) is 0 Å². The predicted octanol–water partition coefficient (Wildman–Crippen LogP) is 1.89. The Balaban J connectivity index is 2.91. The molecule has 0 saturated carbocycles. The first-order valence-corrected chi connectivity index (χ1v) is 6.13. The smallest absolute Gasteiger partial charge is 0.231 e. The van der Waals surface area contributed by atoms with Gasteiger partial charge in [0.1, 0.15) is 5.75 Å². The summed E-state index contributed by atoms with van der Waals surface area (Å²) in [5, 5.41) is 0. The number of amides is 1. The van der Waals surface area contributed by atoms with Gasteiger partial charge in [-0.3, -0.25) is 4.79 Å². The van der Waals surface area contributed by atoms with E-state index >= 15 is 0 Å². The molecule has 18 heavy (non-hydrogen) atoms. The number of benzene rings is 1. The number of rotatable bonds is 5. The number of hydrogen-bond donors (Lipinski definition) is 1. The Morgan fingerprint density at radius 2 is 2.11 bits per heavy atom. The van der Waals surface area contributed by atoms with Crippen molar-refractivity contribution >= 4 is 11.6 Å². The van der Waals surface area contributed by atoms with E-state index in [2.05, 4.69) is 0 Å². The molecule has 1 rings (SSSR count). The van der Waals surface area contributed by atoms with Gasteiger partial charge < -0.3 is 15.4 Å². The van der Waals surface area contributed by atoms with Crippen molar-refractivity contribution in [2.24, 2.45) is 17.6 Å². The van der Waals surface area contributed by atoms with E-state index in [0.29, 0.717) is 6.54 Å². The minimum absolute atomic E-state index is 0.0424. The molecule has 0 aliphatic heterocycles. The van der Waals surface area contributed by atoms with E-state index in [1.165, 1.54) is 0 Å². The van der Waals surface area contributed by atoms with Crippen molar-refractivity contribution in [1.29, 1.82) is 0 Å². The van der Waals surface area contributed by atoms with Crippen LogP contribution in [0.5, 0.6) is 5.75 Å². The van der Waals surface area contributed by atoms with Crippen LogP contribution in [0.25, 0.3) is 0 Å². The lowest BCUT2D eigenvalue weighted by atomic mass is 9.94. The van der Waals surface area contributed by atoms with Crippen molar-refractivity contribution in [3.05, 3.63) is 24.3 Å².